The van der Waals surface area contributed by atoms with Crippen LogP contribution in [0.2, 0.25) is 0 Å². The van der Waals surface area contributed by atoms with Crippen molar-refractivity contribution < 1.29 is 19.2 Å². The first kappa shape index (κ1) is 17.1. The van der Waals surface area contributed by atoms with Crippen molar-refractivity contribution in [2.75, 3.05) is 6.54 Å². The molecule has 0 aliphatic rings. The summed E-state index contributed by atoms with van der Waals surface area (Å²) in [7, 11) is 0. The van der Waals surface area contributed by atoms with E-state index in [2.05, 4.69) is 5.32 Å². The molecular weight excluding hydrogens is 312 g/mol. The zero-order valence-corrected chi connectivity index (χ0v) is 13.0. The summed E-state index contributed by atoms with van der Waals surface area (Å²) < 4.78 is 5.03. The van der Waals surface area contributed by atoms with E-state index in [-0.39, 0.29) is 24.4 Å². The van der Waals surface area contributed by atoms with E-state index >= 15 is 0 Å². The molecule has 0 saturated heterocycles. The Hall–Kier alpha value is -3.22. The van der Waals surface area contributed by atoms with Gasteiger partial charge >= 0.3 is 5.97 Å². The molecule has 0 saturated carbocycles. The molecule has 0 aromatic heterocycles. The van der Waals surface area contributed by atoms with Crippen LogP contribution in [0.4, 0.5) is 5.69 Å². The molecule has 0 atom stereocenters. The third-order valence-electron chi connectivity index (χ3n) is 3.30. The van der Waals surface area contributed by atoms with Crippen LogP contribution in [0.1, 0.15) is 21.5 Å². The van der Waals surface area contributed by atoms with Crippen molar-refractivity contribution in [3.05, 3.63) is 75.3 Å². The van der Waals surface area contributed by atoms with Crippen LogP contribution in [-0.2, 0) is 16.1 Å². The van der Waals surface area contributed by atoms with E-state index in [9.17, 15) is 19.7 Å². The topological polar surface area (TPSA) is 98.5 Å². The van der Waals surface area contributed by atoms with Gasteiger partial charge in [-0.25, -0.2) is 0 Å². The highest BCUT2D eigenvalue weighted by Crippen LogP contribution is 2.19. The van der Waals surface area contributed by atoms with Crippen molar-refractivity contribution in [3.8, 4) is 0 Å². The first-order valence-electron chi connectivity index (χ1n) is 7.20. The van der Waals surface area contributed by atoms with Gasteiger partial charge in [0.25, 0.3) is 11.6 Å². The Bertz CT molecular complexity index is 759. The summed E-state index contributed by atoms with van der Waals surface area (Å²) in [4.78, 5) is 33.9. The number of benzene rings is 2. The van der Waals surface area contributed by atoms with Gasteiger partial charge in [0, 0.05) is 17.2 Å². The van der Waals surface area contributed by atoms with Crippen molar-refractivity contribution in [1.82, 2.24) is 5.32 Å². The zero-order chi connectivity index (χ0) is 17.5. The number of hydrogen-bond donors (Lipinski definition) is 1. The predicted octanol–water partition coefficient (Wildman–Crippen LogP) is 2.38. The number of carbonyl (C=O) groups is 2. The van der Waals surface area contributed by atoms with Crippen LogP contribution >= 0.6 is 0 Å². The summed E-state index contributed by atoms with van der Waals surface area (Å²) in [5.41, 5.74) is 1.27. The van der Waals surface area contributed by atoms with E-state index in [4.69, 9.17) is 4.74 Å². The van der Waals surface area contributed by atoms with Crippen LogP contribution in [0.3, 0.4) is 0 Å². The summed E-state index contributed by atoms with van der Waals surface area (Å²) in [5.74, 6) is -1.16. The number of amides is 1. The van der Waals surface area contributed by atoms with E-state index < -0.39 is 16.8 Å². The number of ether oxygens (including phenoxy) is 1. The number of esters is 1. The molecule has 24 heavy (non-hydrogen) atoms. The summed E-state index contributed by atoms with van der Waals surface area (Å²) in [5, 5.41) is 13.3. The Morgan fingerprint density at radius 2 is 1.88 bits per heavy atom. The minimum atomic E-state index is -0.589. The maximum absolute atomic E-state index is 12.0. The molecule has 2 aromatic rings. The van der Waals surface area contributed by atoms with E-state index in [0.29, 0.717) is 5.56 Å². The minimum Gasteiger partial charge on any atom is -0.460 e. The number of nitro benzene ring substituents is 1. The third-order valence-corrected chi connectivity index (χ3v) is 3.30. The van der Waals surface area contributed by atoms with E-state index in [1.54, 1.807) is 6.92 Å². The number of aryl methyl sites for hydroxylation is 1. The second-order valence-corrected chi connectivity index (χ2v) is 5.09. The van der Waals surface area contributed by atoms with Crippen molar-refractivity contribution in [2.45, 2.75) is 13.5 Å². The smallest absolute Gasteiger partial charge is 0.325 e. The first-order chi connectivity index (χ1) is 11.5. The maximum atomic E-state index is 12.0. The van der Waals surface area contributed by atoms with Crippen LogP contribution < -0.4 is 5.32 Å². The molecule has 0 radical (unpaired) electrons. The standard InChI is InChI=1S/C17H16N2O5/c1-12-7-8-14(9-15(12)19(22)23)17(21)18-10-16(20)24-11-13-5-3-2-4-6-13/h2-9H,10-11H2,1H3,(H,18,21). The normalized spacial score (nSPS) is 10.0. The lowest BCUT2D eigenvalue weighted by molar-refractivity contribution is -0.385. The molecule has 124 valence electrons. The summed E-state index contributed by atoms with van der Waals surface area (Å²) in [6.45, 7) is 1.39. The quantitative estimate of drug-likeness (QED) is 0.499. The SMILES string of the molecule is Cc1ccc(C(=O)NCC(=O)OCc2ccccc2)cc1[N+](=O)[O-]. The third kappa shape index (κ3) is 4.64. The molecule has 2 aromatic carbocycles. The molecule has 0 bridgehead atoms. The molecule has 0 aliphatic heterocycles. The van der Waals surface area contributed by atoms with Gasteiger partial charge in [-0.05, 0) is 18.6 Å². The fourth-order valence-corrected chi connectivity index (χ4v) is 1.99. The Balaban J connectivity index is 1.87. The fraction of sp³-hybridized carbons (Fsp3) is 0.176. The highest BCUT2D eigenvalue weighted by Gasteiger charge is 2.15. The van der Waals surface area contributed by atoms with Gasteiger partial charge in [-0.1, -0.05) is 36.4 Å². The average Bonchev–Trinajstić information content (AvgIpc) is 2.59. The molecular formula is C17H16N2O5. The Morgan fingerprint density at radius 3 is 2.54 bits per heavy atom. The molecule has 0 heterocycles. The van der Waals surface area contributed by atoms with Gasteiger partial charge in [-0.3, -0.25) is 19.7 Å². The molecule has 2 rings (SSSR count). The van der Waals surface area contributed by atoms with Gasteiger partial charge in [-0.2, -0.15) is 0 Å². The van der Waals surface area contributed by atoms with E-state index in [1.165, 1.54) is 18.2 Å². The van der Waals surface area contributed by atoms with Crippen LogP contribution in [0.25, 0.3) is 0 Å². The summed E-state index contributed by atoms with van der Waals surface area (Å²) in [6.07, 6.45) is 0. The van der Waals surface area contributed by atoms with Crippen molar-refractivity contribution in [2.24, 2.45) is 0 Å². The lowest BCUT2D eigenvalue weighted by Gasteiger charge is -2.07. The predicted molar refractivity (Wildman–Crippen MR) is 86.4 cm³/mol. The highest BCUT2D eigenvalue weighted by molar-refractivity contribution is 5.96. The molecule has 1 amide bonds. The monoisotopic (exact) mass is 328 g/mol. The van der Waals surface area contributed by atoms with E-state index in [1.807, 2.05) is 30.3 Å². The molecule has 0 fully saturated rings. The Kier molecular flexibility index (Phi) is 5.62. The number of nitrogens with zero attached hydrogens (tertiary/aromatic N) is 1. The lowest BCUT2D eigenvalue weighted by atomic mass is 10.1. The molecule has 7 heteroatoms. The molecule has 1 N–H and O–H groups in total. The first-order valence-corrected chi connectivity index (χ1v) is 7.20. The van der Waals surface area contributed by atoms with Gasteiger partial charge in [-0.15, -0.1) is 0 Å². The summed E-state index contributed by atoms with van der Waals surface area (Å²) in [6, 6.07) is 13.3. The van der Waals surface area contributed by atoms with E-state index in [0.717, 1.165) is 5.56 Å². The number of rotatable bonds is 6. The second-order valence-electron chi connectivity index (χ2n) is 5.09. The fourth-order valence-electron chi connectivity index (χ4n) is 1.99. The summed E-state index contributed by atoms with van der Waals surface area (Å²) >= 11 is 0. The van der Waals surface area contributed by atoms with Gasteiger partial charge in [0.1, 0.15) is 13.2 Å². The number of nitro groups is 1. The Morgan fingerprint density at radius 1 is 1.17 bits per heavy atom. The van der Waals surface area contributed by atoms with Crippen LogP contribution in [0, 0.1) is 17.0 Å². The van der Waals surface area contributed by atoms with Gasteiger partial charge < -0.3 is 10.1 Å². The van der Waals surface area contributed by atoms with Gasteiger partial charge in [0.15, 0.2) is 0 Å². The molecule has 7 nitrogen and oxygen atoms in total. The Labute approximate surface area is 138 Å². The molecule has 0 aliphatic carbocycles. The molecule has 0 unspecified atom stereocenters. The second kappa shape index (κ2) is 7.87. The van der Waals surface area contributed by atoms with Gasteiger partial charge in [0.2, 0.25) is 0 Å². The largest absolute Gasteiger partial charge is 0.460 e. The highest BCUT2D eigenvalue weighted by atomic mass is 16.6. The van der Waals surface area contributed by atoms with Crippen molar-refractivity contribution in [1.29, 1.82) is 0 Å². The van der Waals surface area contributed by atoms with Crippen molar-refractivity contribution >= 4 is 17.6 Å². The van der Waals surface area contributed by atoms with Crippen LogP contribution in [0.15, 0.2) is 48.5 Å². The number of nitrogens with one attached hydrogen (secondary N) is 1. The maximum Gasteiger partial charge on any atom is 0.325 e. The minimum absolute atomic E-state index is 0.114. The number of hydrogen-bond acceptors (Lipinski definition) is 5. The van der Waals surface area contributed by atoms with Gasteiger partial charge in [0.05, 0.1) is 4.92 Å². The lowest BCUT2D eigenvalue weighted by Crippen LogP contribution is -2.30. The van der Waals surface area contributed by atoms with Crippen LogP contribution in [-0.4, -0.2) is 23.3 Å². The zero-order valence-electron chi connectivity index (χ0n) is 13.0. The molecule has 0 spiro atoms. The van der Waals surface area contributed by atoms with Crippen molar-refractivity contribution in [3.63, 3.8) is 0 Å². The average molecular weight is 328 g/mol. The van der Waals surface area contributed by atoms with Crippen LogP contribution in [0.5, 0.6) is 0 Å². The number of carbonyl (C=O) groups excluding carboxylic acids is 2.